The highest BCUT2D eigenvalue weighted by atomic mass is 14.6. The Bertz CT molecular complexity index is 641. The maximum absolute atomic E-state index is 3.27. The molecule has 0 radical (unpaired) electrons. The number of hydrogen-bond donors (Lipinski definition) is 0. The van der Waals surface area contributed by atoms with E-state index < -0.39 is 0 Å². The van der Waals surface area contributed by atoms with Crippen LogP contribution in [0.3, 0.4) is 0 Å². The summed E-state index contributed by atoms with van der Waals surface area (Å²) in [6, 6.07) is 15.0. The van der Waals surface area contributed by atoms with Gasteiger partial charge in [0.1, 0.15) is 0 Å². The molecule has 0 aliphatic rings. The molecule has 1 aromatic heterocycles. The molecule has 0 aliphatic heterocycles. The van der Waals surface area contributed by atoms with Crippen molar-refractivity contribution < 1.29 is 4.98 Å². The van der Waals surface area contributed by atoms with Gasteiger partial charge in [-0.2, -0.15) is 0 Å². The average molecular weight is 284 g/mol. The van der Waals surface area contributed by atoms with E-state index in [1.807, 2.05) is 53.8 Å². The summed E-state index contributed by atoms with van der Waals surface area (Å²) in [7, 11) is 0. The highest BCUT2D eigenvalue weighted by Gasteiger charge is 2.03. The average Bonchev–Trinajstić information content (AvgIpc) is 2.59. The molecule has 3 aromatic rings. The predicted molar refractivity (Wildman–Crippen MR) is 96.8 cm³/mol. The quantitative estimate of drug-likeness (QED) is 0.437. The summed E-state index contributed by atoms with van der Waals surface area (Å²) in [4.78, 5) is 3.27. The second kappa shape index (κ2) is 10.8. The lowest BCUT2D eigenvalue weighted by molar-refractivity contribution is -0.344. The van der Waals surface area contributed by atoms with E-state index in [1.54, 1.807) is 0 Å². The van der Waals surface area contributed by atoms with Crippen LogP contribution >= 0.6 is 0 Å². The van der Waals surface area contributed by atoms with Crippen LogP contribution in [0.1, 0.15) is 47.1 Å². The first-order valence-electron chi connectivity index (χ1n) is 8.14. The monoisotopic (exact) mass is 284 g/mol. The van der Waals surface area contributed by atoms with Crippen LogP contribution in [0, 0.1) is 6.92 Å². The zero-order chi connectivity index (χ0) is 16.3. The van der Waals surface area contributed by atoms with Gasteiger partial charge < -0.3 is 0 Å². The maximum atomic E-state index is 3.27. The molecule has 1 heterocycles. The number of fused-ring (bicyclic) bond motifs is 2. The first kappa shape index (κ1) is 19.1. The number of hydrogen-bond acceptors (Lipinski definition) is 0. The molecule has 0 saturated heterocycles. The second-order valence-corrected chi connectivity index (χ2v) is 3.91. The van der Waals surface area contributed by atoms with Gasteiger partial charge in [-0.3, -0.25) is 0 Å². The zero-order valence-corrected chi connectivity index (χ0v) is 14.6. The van der Waals surface area contributed by atoms with Gasteiger partial charge in [0.05, 0.1) is 0 Å². The van der Waals surface area contributed by atoms with Gasteiger partial charge in [-0.1, -0.05) is 59.7 Å². The molecule has 0 bridgehead atoms. The number of aromatic nitrogens is 1. The minimum absolute atomic E-state index is 1.19. The number of H-pyrrole nitrogens is 1. The SMILES string of the molecule is CC.CC.CC.Cc1cccc2cc3ccc[nH+]c3cc12. The van der Waals surface area contributed by atoms with Gasteiger partial charge in [0.2, 0.25) is 5.52 Å². The van der Waals surface area contributed by atoms with Crippen molar-refractivity contribution in [1.29, 1.82) is 0 Å². The predicted octanol–water partition coefficient (Wildman–Crippen LogP) is 6.19. The molecule has 3 rings (SSSR count). The molecule has 0 amide bonds. The van der Waals surface area contributed by atoms with Crippen molar-refractivity contribution in [3.63, 3.8) is 0 Å². The molecule has 1 heteroatoms. The summed E-state index contributed by atoms with van der Waals surface area (Å²) in [6.45, 7) is 14.1. The third-order valence-electron chi connectivity index (χ3n) is 2.88. The molecule has 0 unspecified atom stereocenters. The summed E-state index contributed by atoms with van der Waals surface area (Å²) in [5.74, 6) is 0. The maximum Gasteiger partial charge on any atom is 0.211 e. The van der Waals surface area contributed by atoms with Crippen LogP contribution in [0.4, 0.5) is 0 Å². The second-order valence-electron chi connectivity index (χ2n) is 3.91. The van der Waals surface area contributed by atoms with E-state index >= 15 is 0 Å². The number of pyridine rings is 1. The van der Waals surface area contributed by atoms with Gasteiger partial charge in [-0.05, 0) is 35.4 Å². The number of rotatable bonds is 0. The van der Waals surface area contributed by atoms with Crippen LogP contribution in [0.15, 0.2) is 48.7 Å². The van der Waals surface area contributed by atoms with Crippen LogP contribution in [0.5, 0.6) is 0 Å². The van der Waals surface area contributed by atoms with Crippen molar-refractivity contribution in [2.75, 3.05) is 0 Å². The Labute approximate surface area is 130 Å². The van der Waals surface area contributed by atoms with E-state index in [0.29, 0.717) is 0 Å². The Morgan fingerprint density at radius 1 is 0.714 bits per heavy atom. The fraction of sp³-hybridized carbons (Fsp3) is 0.350. The molecule has 2 aromatic carbocycles. The first-order valence-corrected chi connectivity index (χ1v) is 8.14. The molecule has 1 nitrogen and oxygen atoms in total. The highest BCUT2D eigenvalue weighted by molar-refractivity contribution is 5.96. The molecule has 0 spiro atoms. The zero-order valence-electron chi connectivity index (χ0n) is 14.6. The number of aromatic amines is 1. The molecular weight excluding hydrogens is 254 g/mol. The first-order chi connectivity index (χ1) is 10.3. The lowest BCUT2D eigenvalue weighted by Crippen LogP contribution is -2.00. The van der Waals surface area contributed by atoms with E-state index in [9.17, 15) is 0 Å². The van der Waals surface area contributed by atoms with Crippen LogP contribution in [-0.4, -0.2) is 0 Å². The Kier molecular flexibility index (Phi) is 9.87. The van der Waals surface area contributed by atoms with Crippen molar-refractivity contribution in [2.24, 2.45) is 0 Å². The van der Waals surface area contributed by atoms with Gasteiger partial charge in [0.15, 0.2) is 6.20 Å². The Hall–Kier alpha value is -1.89. The van der Waals surface area contributed by atoms with Gasteiger partial charge in [0.25, 0.3) is 0 Å². The standard InChI is InChI=1S/C14H11N.3C2H6/c1-10-4-2-5-11-8-12-6-3-7-15-14(12)9-13(10)11;3*1-2/h2-9H,1H3;3*1-2H3/p+1. The largest absolute Gasteiger partial charge is 0.211 e. The van der Waals surface area contributed by atoms with Crippen LogP contribution < -0.4 is 4.98 Å². The van der Waals surface area contributed by atoms with Gasteiger partial charge in [-0.15, -0.1) is 0 Å². The number of nitrogens with one attached hydrogen (secondary N) is 1. The fourth-order valence-corrected chi connectivity index (χ4v) is 2.05. The normalized spacial score (nSPS) is 8.71. The number of benzene rings is 2. The minimum atomic E-state index is 1.19. The topological polar surface area (TPSA) is 14.1 Å². The van der Waals surface area contributed by atoms with Crippen LogP contribution in [0.25, 0.3) is 21.7 Å². The Balaban J connectivity index is 0.000000598. The summed E-state index contributed by atoms with van der Waals surface area (Å²) in [5, 5.41) is 3.89. The lowest BCUT2D eigenvalue weighted by Gasteiger charge is -2.01. The molecular formula is C20H30N+. The Morgan fingerprint density at radius 2 is 1.33 bits per heavy atom. The smallest absolute Gasteiger partial charge is 0.211 e. The van der Waals surface area contributed by atoms with Crippen molar-refractivity contribution >= 4 is 21.7 Å². The molecule has 0 fully saturated rings. The lowest BCUT2D eigenvalue weighted by atomic mass is 10.0. The highest BCUT2D eigenvalue weighted by Crippen LogP contribution is 2.22. The van der Waals surface area contributed by atoms with E-state index in [2.05, 4.69) is 48.3 Å². The fourth-order valence-electron chi connectivity index (χ4n) is 2.05. The molecule has 0 saturated carbocycles. The summed E-state index contributed by atoms with van der Waals surface area (Å²) in [5.41, 5.74) is 2.52. The molecule has 0 aliphatic carbocycles. The van der Waals surface area contributed by atoms with Crippen LogP contribution in [0.2, 0.25) is 0 Å². The minimum Gasteiger partial charge on any atom is -0.211 e. The van der Waals surface area contributed by atoms with Gasteiger partial charge in [0, 0.05) is 17.5 Å². The van der Waals surface area contributed by atoms with Crippen molar-refractivity contribution in [1.82, 2.24) is 0 Å². The molecule has 0 atom stereocenters. The van der Waals surface area contributed by atoms with Gasteiger partial charge in [-0.25, -0.2) is 4.98 Å². The summed E-state index contributed by atoms with van der Waals surface area (Å²) in [6.07, 6.45) is 1.96. The third kappa shape index (κ3) is 4.86. The number of aryl methyl sites for hydroxylation is 1. The molecule has 21 heavy (non-hydrogen) atoms. The van der Waals surface area contributed by atoms with Crippen molar-refractivity contribution in [2.45, 2.75) is 48.5 Å². The van der Waals surface area contributed by atoms with Crippen molar-refractivity contribution in [3.8, 4) is 0 Å². The summed E-state index contributed by atoms with van der Waals surface area (Å²) < 4.78 is 0. The van der Waals surface area contributed by atoms with E-state index in [1.165, 1.54) is 27.2 Å². The van der Waals surface area contributed by atoms with E-state index in [0.717, 1.165) is 0 Å². The Morgan fingerprint density at radius 3 is 2.00 bits per heavy atom. The molecule has 114 valence electrons. The summed E-state index contributed by atoms with van der Waals surface area (Å²) >= 11 is 0. The van der Waals surface area contributed by atoms with E-state index in [4.69, 9.17) is 0 Å². The van der Waals surface area contributed by atoms with Crippen molar-refractivity contribution in [3.05, 3.63) is 54.2 Å². The molecule has 1 N–H and O–H groups in total. The van der Waals surface area contributed by atoms with Crippen LogP contribution in [-0.2, 0) is 0 Å². The van der Waals surface area contributed by atoms with E-state index in [-0.39, 0.29) is 0 Å². The van der Waals surface area contributed by atoms with Gasteiger partial charge >= 0.3 is 0 Å². The third-order valence-corrected chi connectivity index (χ3v) is 2.88.